The summed E-state index contributed by atoms with van der Waals surface area (Å²) in [4.78, 5) is 21.6. The van der Waals surface area contributed by atoms with Crippen LogP contribution >= 0.6 is 0 Å². The molecule has 0 radical (unpaired) electrons. The fourth-order valence-electron chi connectivity index (χ4n) is 2.53. The fourth-order valence-corrected chi connectivity index (χ4v) is 2.53. The summed E-state index contributed by atoms with van der Waals surface area (Å²) in [6.07, 6.45) is -3.97. The molecule has 0 bridgehead atoms. The number of anilines is 1. The van der Waals surface area contributed by atoms with Crippen molar-refractivity contribution < 1.29 is 23.1 Å². The molecule has 1 fully saturated rings. The van der Waals surface area contributed by atoms with Crippen LogP contribution in [0.15, 0.2) is 12.3 Å². The maximum Gasteiger partial charge on any atom is 0.433 e. The predicted octanol–water partition coefficient (Wildman–Crippen LogP) is 1.27. The highest BCUT2D eigenvalue weighted by molar-refractivity contribution is 5.64. The number of aromatic nitrogens is 2. The Kier molecular flexibility index (Phi) is 4.64. The molecule has 0 spiro atoms. The van der Waals surface area contributed by atoms with Gasteiger partial charge in [-0.25, -0.2) is 14.8 Å². The van der Waals surface area contributed by atoms with E-state index in [0.717, 1.165) is 12.3 Å². The van der Waals surface area contributed by atoms with E-state index in [1.54, 1.807) is 4.90 Å². The van der Waals surface area contributed by atoms with Gasteiger partial charge in [0.15, 0.2) is 0 Å². The number of halogens is 3. The summed E-state index contributed by atoms with van der Waals surface area (Å²) in [5.74, 6) is 0.0310. The number of hydrogen-bond donors (Lipinski definition) is 2. The van der Waals surface area contributed by atoms with Crippen LogP contribution in [-0.2, 0) is 6.18 Å². The molecule has 7 nitrogen and oxygen atoms in total. The number of carbonyl (C=O) groups is 1. The molecule has 2 rings (SSSR count). The van der Waals surface area contributed by atoms with Crippen molar-refractivity contribution in [3.05, 3.63) is 18.0 Å². The van der Waals surface area contributed by atoms with Crippen LogP contribution in [0.1, 0.15) is 12.1 Å². The van der Waals surface area contributed by atoms with Gasteiger partial charge in [-0.05, 0) is 26.6 Å². The number of hydrogen-bond acceptors (Lipinski definition) is 5. The van der Waals surface area contributed by atoms with Crippen LogP contribution < -0.4 is 10.2 Å². The molecule has 2 N–H and O–H groups in total. The summed E-state index contributed by atoms with van der Waals surface area (Å²) in [6.45, 7) is 1.13. The lowest BCUT2D eigenvalue weighted by Gasteiger charge is -2.54. The van der Waals surface area contributed by atoms with Crippen LogP contribution in [0.5, 0.6) is 0 Å². The quantitative estimate of drug-likeness (QED) is 0.845. The number of nitrogens with one attached hydrogen (secondary N) is 1. The highest BCUT2D eigenvalue weighted by Gasteiger charge is 2.46. The van der Waals surface area contributed by atoms with E-state index in [0.29, 0.717) is 19.5 Å². The Morgan fingerprint density at radius 2 is 2.13 bits per heavy atom. The van der Waals surface area contributed by atoms with Gasteiger partial charge in [0.1, 0.15) is 5.69 Å². The molecular formula is C13H18F3N5O2. The fraction of sp³-hybridized carbons (Fsp3) is 0.615. The van der Waals surface area contributed by atoms with Crippen molar-refractivity contribution in [2.24, 2.45) is 0 Å². The second kappa shape index (κ2) is 6.19. The number of nitrogens with zero attached hydrogens (tertiary/aromatic N) is 4. The van der Waals surface area contributed by atoms with Crippen molar-refractivity contribution in [3.8, 4) is 0 Å². The molecule has 0 aliphatic carbocycles. The number of rotatable bonds is 5. The lowest BCUT2D eigenvalue weighted by atomic mass is 9.85. The maximum atomic E-state index is 12.7. The van der Waals surface area contributed by atoms with E-state index in [-0.39, 0.29) is 18.0 Å². The van der Waals surface area contributed by atoms with Gasteiger partial charge in [0.25, 0.3) is 0 Å². The van der Waals surface area contributed by atoms with Crippen molar-refractivity contribution in [1.29, 1.82) is 0 Å². The van der Waals surface area contributed by atoms with Crippen molar-refractivity contribution >= 4 is 12.0 Å². The third-order valence-corrected chi connectivity index (χ3v) is 4.00. The lowest BCUT2D eigenvalue weighted by Crippen LogP contribution is -2.69. The minimum absolute atomic E-state index is 0.0310. The molecule has 128 valence electrons. The molecule has 23 heavy (non-hydrogen) atoms. The van der Waals surface area contributed by atoms with Gasteiger partial charge in [0, 0.05) is 25.8 Å². The van der Waals surface area contributed by atoms with Crippen molar-refractivity contribution in [1.82, 2.24) is 20.2 Å². The normalized spacial score (nSPS) is 17.0. The summed E-state index contributed by atoms with van der Waals surface area (Å²) in [7, 11) is 3.70. The Hall–Kier alpha value is -2.10. The molecule has 0 saturated carbocycles. The number of amides is 1. The third-order valence-electron chi connectivity index (χ3n) is 4.00. The molecule has 0 atom stereocenters. The molecule has 0 aromatic carbocycles. The Morgan fingerprint density at radius 3 is 2.65 bits per heavy atom. The third kappa shape index (κ3) is 3.81. The average molecular weight is 333 g/mol. The Balaban J connectivity index is 2.04. The second-order valence-electron chi connectivity index (χ2n) is 5.70. The summed E-state index contributed by atoms with van der Waals surface area (Å²) in [6, 6.07) is 0.833. The van der Waals surface area contributed by atoms with E-state index in [1.165, 1.54) is 0 Å². The standard InChI is InChI=1S/C13H18F3N5O2/c1-20(2)12(4-6-18-11(22)23)7-21(8-12)10-17-5-3-9(19-10)13(14,15)16/h3,5,18H,4,6-8H2,1-2H3,(H,22,23). The van der Waals surface area contributed by atoms with Gasteiger partial charge in [-0.1, -0.05) is 0 Å². The van der Waals surface area contributed by atoms with Gasteiger partial charge in [-0.15, -0.1) is 0 Å². The molecule has 1 aliphatic heterocycles. The van der Waals surface area contributed by atoms with Gasteiger partial charge in [-0.3, -0.25) is 0 Å². The number of likely N-dealkylation sites (N-methyl/N-ethyl adjacent to an activating group) is 1. The Bertz CT molecular complexity index is 573. The van der Waals surface area contributed by atoms with Crippen LogP contribution in [0.3, 0.4) is 0 Å². The molecule has 0 unspecified atom stereocenters. The summed E-state index contributed by atoms with van der Waals surface area (Å²) in [5.41, 5.74) is -1.29. The van der Waals surface area contributed by atoms with Gasteiger partial charge in [0.2, 0.25) is 5.95 Å². The largest absolute Gasteiger partial charge is 0.465 e. The number of alkyl halides is 3. The first kappa shape index (κ1) is 17.3. The first-order valence-electron chi connectivity index (χ1n) is 6.93. The SMILES string of the molecule is CN(C)C1(CCNC(=O)O)CN(c2nccc(C(F)(F)F)n2)C1. The maximum absolute atomic E-state index is 12.7. The minimum atomic E-state index is -4.51. The summed E-state index contributed by atoms with van der Waals surface area (Å²) < 4.78 is 38.1. The number of carboxylic acid groups (broad SMARTS) is 1. The van der Waals surface area contributed by atoms with Crippen LogP contribution in [0.25, 0.3) is 0 Å². The van der Waals surface area contributed by atoms with E-state index in [9.17, 15) is 18.0 Å². The average Bonchev–Trinajstić information content (AvgIpc) is 2.40. The molecular weight excluding hydrogens is 315 g/mol. The molecule has 1 aromatic rings. The zero-order chi connectivity index (χ0) is 17.3. The first-order valence-corrected chi connectivity index (χ1v) is 6.93. The van der Waals surface area contributed by atoms with Crippen LogP contribution in [0.4, 0.5) is 23.9 Å². The van der Waals surface area contributed by atoms with E-state index in [1.807, 2.05) is 19.0 Å². The first-order chi connectivity index (χ1) is 10.6. The van der Waals surface area contributed by atoms with E-state index in [2.05, 4.69) is 15.3 Å². The zero-order valence-corrected chi connectivity index (χ0v) is 12.8. The molecule has 1 saturated heterocycles. The smallest absolute Gasteiger partial charge is 0.433 e. The van der Waals surface area contributed by atoms with Gasteiger partial charge in [0.05, 0.1) is 5.54 Å². The van der Waals surface area contributed by atoms with Crippen LogP contribution in [-0.4, -0.2) is 65.3 Å². The molecule has 1 aromatic heterocycles. The van der Waals surface area contributed by atoms with E-state index < -0.39 is 18.0 Å². The molecule has 2 heterocycles. The van der Waals surface area contributed by atoms with Gasteiger partial charge < -0.3 is 20.2 Å². The van der Waals surface area contributed by atoms with Crippen molar-refractivity contribution in [2.45, 2.75) is 18.1 Å². The van der Waals surface area contributed by atoms with Crippen LogP contribution in [0, 0.1) is 0 Å². The lowest BCUT2D eigenvalue weighted by molar-refractivity contribution is -0.141. The molecule has 1 amide bonds. The summed E-state index contributed by atoms with van der Waals surface area (Å²) >= 11 is 0. The Labute approximate surface area is 131 Å². The van der Waals surface area contributed by atoms with Gasteiger partial charge >= 0.3 is 12.3 Å². The highest BCUT2D eigenvalue weighted by atomic mass is 19.4. The Morgan fingerprint density at radius 1 is 1.48 bits per heavy atom. The highest BCUT2D eigenvalue weighted by Crippen LogP contribution is 2.33. The zero-order valence-electron chi connectivity index (χ0n) is 12.8. The summed E-state index contributed by atoms with van der Waals surface area (Å²) in [5, 5.41) is 10.9. The van der Waals surface area contributed by atoms with Crippen molar-refractivity contribution in [3.63, 3.8) is 0 Å². The van der Waals surface area contributed by atoms with Crippen molar-refractivity contribution in [2.75, 3.05) is 38.6 Å². The second-order valence-corrected chi connectivity index (χ2v) is 5.70. The molecule has 10 heteroatoms. The van der Waals surface area contributed by atoms with Gasteiger partial charge in [-0.2, -0.15) is 13.2 Å². The molecule has 1 aliphatic rings. The topological polar surface area (TPSA) is 81.6 Å². The minimum Gasteiger partial charge on any atom is -0.465 e. The predicted molar refractivity (Wildman–Crippen MR) is 76.3 cm³/mol. The monoisotopic (exact) mass is 333 g/mol. The van der Waals surface area contributed by atoms with E-state index >= 15 is 0 Å². The van der Waals surface area contributed by atoms with E-state index in [4.69, 9.17) is 5.11 Å². The van der Waals surface area contributed by atoms with Crippen LogP contribution in [0.2, 0.25) is 0 Å².